The van der Waals surface area contributed by atoms with Crippen LogP contribution in [0.15, 0.2) is 103 Å². The summed E-state index contributed by atoms with van der Waals surface area (Å²) in [5.41, 5.74) is 3.32. The van der Waals surface area contributed by atoms with Crippen molar-refractivity contribution in [2.75, 3.05) is 13.3 Å². The molecule has 8 heteroatoms. The van der Waals surface area contributed by atoms with Gasteiger partial charge in [-0.3, -0.25) is 0 Å². The molecule has 5 rings (SSSR count). The van der Waals surface area contributed by atoms with Crippen molar-refractivity contribution in [1.29, 1.82) is 0 Å². The van der Waals surface area contributed by atoms with Gasteiger partial charge in [0.2, 0.25) is 0 Å². The van der Waals surface area contributed by atoms with Crippen LogP contribution in [0.2, 0.25) is 0 Å². The van der Waals surface area contributed by atoms with Gasteiger partial charge in [-0.05, 0) is 77.1 Å². The van der Waals surface area contributed by atoms with Crippen molar-refractivity contribution in [2.24, 2.45) is 0 Å². The van der Waals surface area contributed by atoms with Crippen LogP contribution in [0.25, 0.3) is 33.4 Å². The first-order valence-corrected chi connectivity index (χ1v) is 15.0. The van der Waals surface area contributed by atoms with E-state index in [9.17, 15) is 17.6 Å². The second-order valence-electron chi connectivity index (χ2n) is 10.9. The van der Waals surface area contributed by atoms with E-state index >= 15 is 8.78 Å². The number of rotatable bonds is 13. The van der Waals surface area contributed by atoms with Crippen LogP contribution in [0.5, 0.6) is 11.5 Å². The first-order chi connectivity index (χ1) is 22.2. The highest BCUT2D eigenvalue weighted by Gasteiger charge is 2.35. The van der Waals surface area contributed by atoms with Crippen molar-refractivity contribution < 1.29 is 35.8 Å². The summed E-state index contributed by atoms with van der Waals surface area (Å²) in [6.07, 6.45) is 0.638. The Balaban J connectivity index is 1.28. The summed E-state index contributed by atoms with van der Waals surface area (Å²) >= 11 is 0. The molecule has 0 aromatic heterocycles. The quantitative estimate of drug-likeness (QED) is 0.0948. The Morgan fingerprint density at radius 3 is 1.85 bits per heavy atom. The van der Waals surface area contributed by atoms with Gasteiger partial charge in [-0.15, -0.1) is 0 Å². The maximum atomic E-state index is 15.3. The highest BCUT2D eigenvalue weighted by molar-refractivity contribution is 5.74. The molecule has 0 heterocycles. The molecule has 0 aliphatic heterocycles. The van der Waals surface area contributed by atoms with Gasteiger partial charge in [0.05, 0.1) is 5.56 Å². The number of alkyl halides is 3. The molecule has 0 unspecified atom stereocenters. The minimum Gasteiger partial charge on any atom is -0.488 e. The van der Waals surface area contributed by atoms with Crippen LogP contribution in [-0.2, 0) is 12.5 Å². The molecule has 0 fully saturated rings. The Morgan fingerprint density at radius 2 is 1.22 bits per heavy atom. The zero-order valence-electron chi connectivity index (χ0n) is 25.1. The molecule has 0 amide bonds. The summed E-state index contributed by atoms with van der Waals surface area (Å²) < 4.78 is 96.1. The third kappa shape index (κ3) is 7.73. The second kappa shape index (κ2) is 14.6. The Kier molecular flexibility index (Phi) is 10.4. The van der Waals surface area contributed by atoms with E-state index in [-0.39, 0.29) is 23.5 Å². The van der Waals surface area contributed by atoms with Gasteiger partial charge in [0, 0.05) is 17.2 Å². The monoisotopic (exact) mass is 634 g/mol. The molecule has 0 saturated heterocycles. The number of benzene rings is 5. The number of halogens is 6. The van der Waals surface area contributed by atoms with Crippen molar-refractivity contribution in [3.05, 3.63) is 132 Å². The summed E-state index contributed by atoms with van der Waals surface area (Å²) in [5, 5.41) is 0. The fourth-order valence-corrected chi connectivity index (χ4v) is 5.15. The fourth-order valence-electron chi connectivity index (χ4n) is 5.15. The third-order valence-corrected chi connectivity index (χ3v) is 7.62. The molecule has 0 saturated carbocycles. The van der Waals surface area contributed by atoms with Gasteiger partial charge >= 0.3 is 6.11 Å². The fraction of sp³-hybridized carbons (Fsp3) is 0.211. The molecular weight excluding hydrogens is 602 g/mol. The van der Waals surface area contributed by atoms with Crippen LogP contribution < -0.4 is 9.47 Å². The smallest absolute Gasteiger partial charge is 0.426 e. The lowest BCUT2D eigenvalue weighted by Gasteiger charge is -2.19. The summed E-state index contributed by atoms with van der Waals surface area (Å²) in [4.78, 5) is 0. The second-order valence-corrected chi connectivity index (χ2v) is 10.9. The molecule has 0 aliphatic rings. The van der Waals surface area contributed by atoms with Crippen LogP contribution in [0.1, 0.15) is 37.3 Å². The molecule has 0 spiro atoms. The van der Waals surface area contributed by atoms with E-state index in [1.807, 2.05) is 12.1 Å². The number of hydrogen-bond donors (Lipinski definition) is 0. The lowest BCUT2D eigenvalue weighted by molar-refractivity contribution is -0.185. The first-order valence-electron chi connectivity index (χ1n) is 15.0. The molecule has 238 valence electrons. The van der Waals surface area contributed by atoms with Crippen LogP contribution >= 0.6 is 0 Å². The lowest BCUT2D eigenvalue weighted by Crippen LogP contribution is -2.21. The molecular formula is C38H32F6O2. The Bertz CT molecular complexity index is 1770. The van der Waals surface area contributed by atoms with Gasteiger partial charge in [-0.1, -0.05) is 80.4 Å². The Morgan fingerprint density at radius 1 is 0.609 bits per heavy atom. The van der Waals surface area contributed by atoms with Gasteiger partial charge in [0.1, 0.15) is 30.7 Å². The minimum atomic E-state index is -3.84. The zero-order chi connectivity index (χ0) is 32.7. The highest BCUT2D eigenvalue weighted by atomic mass is 19.3. The van der Waals surface area contributed by atoms with Gasteiger partial charge < -0.3 is 9.47 Å². The third-order valence-electron chi connectivity index (χ3n) is 7.62. The van der Waals surface area contributed by atoms with Crippen LogP contribution in [0.4, 0.5) is 26.3 Å². The van der Waals surface area contributed by atoms with E-state index in [0.717, 1.165) is 55.2 Å². The van der Waals surface area contributed by atoms with Crippen LogP contribution in [0, 0.1) is 17.5 Å². The van der Waals surface area contributed by atoms with E-state index in [4.69, 9.17) is 9.47 Å². The predicted octanol–water partition coefficient (Wildman–Crippen LogP) is 11.3. The Labute approximate surface area is 264 Å². The maximum absolute atomic E-state index is 15.3. The van der Waals surface area contributed by atoms with Gasteiger partial charge in [0.15, 0.2) is 11.6 Å². The predicted molar refractivity (Wildman–Crippen MR) is 168 cm³/mol. The highest BCUT2D eigenvalue weighted by Crippen LogP contribution is 2.36. The first kappa shape index (κ1) is 32.7. The van der Waals surface area contributed by atoms with E-state index in [2.05, 4.69) is 19.1 Å². The van der Waals surface area contributed by atoms with Crippen molar-refractivity contribution in [1.82, 2.24) is 0 Å². The normalized spacial score (nSPS) is 11.5. The molecule has 46 heavy (non-hydrogen) atoms. The van der Waals surface area contributed by atoms with Crippen molar-refractivity contribution >= 4 is 0 Å². The van der Waals surface area contributed by atoms with E-state index in [0.29, 0.717) is 16.7 Å². The van der Waals surface area contributed by atoms with Crippen molar-refractivity contribution in [3.63, 3.8) is 0 Å². The van der Waals surface area contributed by atoms with E-state index in [1.54, 1.807) is 18.2 Å². The SMILES string of the molecule is CCCCCc1ccc(-c2ccc(-c3ccc(-c4ccc(C(F)(F)Oc5ccc(OCCF)c(F)c5)cc4)c(F)c3)c(F)c2)cc1. The summed E-state index contributed by atoms with van der Waals surface area (Å²) in [7, 11) is 0. The zero-order valence-corrected chi connectivity index (χ0v) is 25.1. The number of hydrogen-bond acceptors (Lipinski definition) is 2. The molecule has 5 aromatic carbocycles. The van der Waals surface area contributed by atoms with Gasteiger partial charge in [0.25, 0.3) is 0 Å². The van der Waals surface area contributed by atoms with Crippen LogP contribution in [0.3, 0.4) is 0 Å². The maximum Gasteiger partial charge on any atom is 0.426 e. The number of aryl methyl sites for hydroxylation is 1. The Hall–Kier alpha value is -4.72. The molecule has 5 aromatic rings. The largest absolute Gasteiger partial charge is 0.488 e. The summed E-state index contributed by atoms with van der Waals surface area (Å²) in [5.74, 6) is -2.87. The minimum absolute atomic E-state index is 0.140. The van der Waals surface area contributed by atoms with Crippen molar-refractivity contribution in [3.8, 4) is 44.9 Å². The molecule has 0 N–H and O–H groups in total. The van der Waals surface area contributed by atoms with E-state index in [1.165, 1.54) is 42.3 Å². The topological polar surface area (TPSA) is 18.5 Å². The van der Waals surface area contributed by atoms with E-state index < -0.39 is 41.5 Å². The van der Waals surface area contributed by atoms with Crippen LogP contribution in [-0.4, -0.2) is 13.3 Å². The average Bonchev–Trinajstić information content (AvgIpc) is 3.05. The standard InChI is InChI=1S/C38H32F6O2/c1-2-3-4-5-25-6-8-26(9-7-25)28-12-17-33(34(40)22-28)29-13-18-32(35(41)23-29)27-10-14-30(15-11-27)38(43,44)46-31-16-19-37(36(42)24-31)45-21-20-39/h6-19,22-24H,2-5,20-21H2,1H3. The summed E-state index contributed by atoms with van der Waals surface area (Å²) in [6, 6.07) is 24.8. The van der Waals surface area contributed by atoms with Gasteiger partial charge in [-0.2, -0.15) is 8.78 Å². The molecule has 0 radical (unpaired) electrons. The lowest BCUT2D eigenvalue weighted by atomic mass is 9.96. The molecule has 0 bridgehead atoms. The molecule has 0 aliphatic carbocycles. The van der Waals surface area contributed by atoms with Gasteiger partial charge in [-0.25, -0.2) is 17.6 Å². The van der Waals surface area contributed by atoms with Crippen molar-refractivity contribution in [2.45, 2.75) is 38.7 Å². The molecule has 0 atom stereocenters. The number of unbranched alkanes of at least 4 members (excludes halogenated alkanes) is 2. The molecule has 2 nitrogen and oxygen atoms in total. The number of ether oxygens (including phenoxy) is 2. The average molecular weight is 635 g/mol. The summed E-state index contributed by atoms with van der Waals surface area (Å²) in [6.45, 7) is 0.959.